The van der Waals surface area contributed by atoms with E-state index in [4.69, 9.17) is 5.73 Å². The van der Waals surface area contributed by atoms with Crippen molar-refractivity contribution in [1.82, 2.24) is 0 Å². The van der Waals surface area contributed by atoms with Crippen LogP contribution in [0.3, 0.4) is 0 Å². The van der Waals surface area contributed by atoms with Crippen LogP contribution in [0.4, 0.5) is 0 Å². The molecule has 2 aromatic rings. The van der Waals surface area contributed by atoms with Crippen LogP contribution in [0.2, 0.25) is 0 Å². The van der Waals surface area contributed by atoms with Gasteiger partial charge in [-0.2, -0.15) is 0 Å². The molecule has 2 aromatic carbocycles. The fourth-order valence-electron chi connectivity index (χ4n) is 2.85. The molecule has 1 saturated carbocycles. The molecule has 0 radical (unpaired) electrons. The van der Waals surface area contributed by atoms with Crippen molar-refractivity contribution in [3.63, 3.8) is 0 Å². The summed E-state index contributed by atoms with van der Waals surface area (Å²) in [7, 11) is 0. The van der Waals surface area contributed by atoms with E-state index in [1.165, 1.54) is 41.5 Å². The quantitative estimate of drug-likeness (QED) is 0.865. The van der Waals surface area contributed by atoms with Gasteiger partial charge in [0.15, 0.2) is 0 Å². The summed E-state index contributed by atoms with van der Waals surface area (Å²) in [6.07, 6.45) is 5.01. The van der Waals surface area contributed by atoms with Gasteiger partial charge in [0, 0.05) is 6.04 Å². The van der Waals surface area contributed by atoms with Crippen molar-refractivity contribution in [2.24, 2.45) is 5.73 Å². The minimum Gasteiger partial charge on any atom is -0.324 e. The van der Waals surface area contributed by atoms with Gasteiger partial charge in [-0.25, -0.2) is 0 Å². The van der Waals surface area contributed by atoms with Crippen molar-refractivity contribution in [3.05, 3.63) is 70.8 Å². The number of aryl methyl sites for hydroxylation is 1. The average Bonchev–Trinajstić information content (AvgIpc) is 2.40. The fraction of sp³-hybridized carbons (Fsp3) is 0.368. The van der Waals surface area contributed by atoms with Crippen molar-refractivity contribution in [2.75, 3.05) is 0 Å². The number of benzene rings is 2. The Morgan fingerprint density at radius 2 is 1.65 bits per heavy atom. The number of nitrogens with two attached hydrogens (primary N) is 1. The van der Waals surface area contributed by atoms with Crippen LogP contribution in [0.5, 0.6) is 0 Å². The summed E-state index contributed by atoms with van der Waals surface area (Å²) in [4.78, 5) is 0. The first-order chi connectivity index (χ1) is 9.72. The van der Waals surface area contributed by atoms with Crippen LogP contribution in [0.1, 0.15) is 53.5 Å². The molecular weight excluding hydrogens is 242 g/mol. The Morgan fingerprint density at radius 1 is 1.00 bits per heavy atom. The molecule has 1 unspecified atom stereocenters. The highest BCUT2D eigenvalue weighted by Gasteiger charge is 2.19. The first-order valence-corrected chi connectivity index (χ1v) is 7.63. The van der Waals surface area contributed by atoms with E-state index in [0.717, 1.165) is 12.3 Å². The zero-order chi connectivity index (χ0) is 13.9. The lowest BCUT2D eigenvalue weighted by molar-refractivity contribution is 0.419. The second-order valence-electron chi connectivity index (χ2n) is 6.09. The molecule has 0 amide bonds. The highest BCUT2D eigenvalue weighted by Crippen LogP contribution is 2.36. The molecule has 3 rings (SSSR count). The third-order valence-electron chi connectivity index (χ3n) is 4.52. The van der Waals surface area contributed by atoms with E-state index in [-0.39, 0.29) is 6.04 Å². The minimum absolute atomic E-state index is 0.0909. The summed E-state index contributed by atoms with van der Waals surface area (Å²) >= 11 is 0. The molecule has 1 aliphatic rings. The second kappa shape index (κ2) is 5.80. The van der Waals surface area contributed by atoms with Crippen LogP contribution < -0.4 is 5.73 Å². The molecule has 1 aliphatic carbocycles. The molecule has 0 aliphatic heterocycles. The van der Waals surface area contributed by atoms with Crippen LogP contribution >= 0.6 is 0 Å². The number of rotatable bonds is 4. The van der Waals surface area contributed by atoms with E-state index < -0.39 is 0 Å². The van der Waals surface area contributed by atoms with Crippen LogP contribution in [-0.2, 0) is 6.42 Å². The first kappa shape index (κ1) is 13.4. The predicted molar refractivity (Wildman–Crippen MR) is 84.8 cm³/mol. The Bertz CT molecular complexity index is 549. The molecule has 1 fully saturated rings. The summed E-state index contributed by atoms with van der Waals surface area (Å²) in [5.74, 6) is 0.803. The summed E-state index contributed by atoms with van der Waals surface area (Å²) in [5, 5.41) is 0. The summed E-state index contributed by atoms with van der Waals surface area (Å²) in [6.45, 7) is 2.11. The third kappa shape index (κ3) is 2.94. The number of hydrogen-bond acceptors (Lipinski definition) is 1. The molecule has 0 aromatic heterocycles. The predicted octanol–water partition coefficient (Wildman–Crippen LogP) is 4.51. The van der Waals surface area contributed by atoms with Crippen molar-refractivity contribution < 1.29 is 0 Å². The molecular formula is C19H23N. The molecule has 0 heterocycles. The molecule has 2 N–H and O–H groups in total. The van der Waals surface area contributed by atoms with Crippen molar-refractivity contribution in [2.45, 2.75) is 44.6 Å². The monoisotopic (exact) mass is 265 g/mol. The molecule has 0 bridgehead atoms. The van der Waals surface area contributed by atoms with Gasteiger partial charge in [-0.05, 0) is 48.8 Å². The molecule has 20 heavy (non-hydrogen) atoms. The van der Waals surface area contributed by atoms with Gasteiger partial charge in [0.1, 0.15) is 0 Å². The van der Waals surface area contributed by atoms with Gasteiger partial charge < -0.3 is 5.73 Å². The van der Waals surface area contributed by atoms with Crippen LogP contribution in [0.25, 0.3) is 0 Å². The molecule has 1 nitrogen and oxygen atoms in total. The zero-order valence-electron chi connectivity index (χ0n) is 12.2. The lowest BCUT2D eigenvalue weighted by atomic mass is 9.80. The van der Waals surface area contributed by atoms with Gasteiger partial charge in [0.25, 0.3) is 0 Å². The Morgan fingerprint density at radius 3 is 2.20 bits per heavy atom. The van der Waals surface area contributed by atoms with E-state index in [2.05, 4.69) is 55.5 Å². The minimum atomic E-state index is 0.0909. The van der Waals surface area contributed by atoms with Crippen LogP contribution in [0, 0.1) is 6.92 Å². The second-order valence-corrected chi connectivity index (χ2v) is 6.09. The van der Waals surface area contributed by atoms with Gasteiger partial charge in [-0.3, -0.25) is 0 Å². The number of hydrogen-bond donors (Lipinski definition) is 1. The van der Waals surface area contributed by atoms with Crippen LogP contribution in [0.15, 0.2) is 48.5 Å². The topological polar surface area (TPSA) is 26.0 Å². The van der Waals surface area contributed by atoms with Crippen molar-refractivity contribution in [3.8, 4) is 0 Å². The van der Waals surface area contributed by atoms with Gasteiger partial charge in [0.05, 0.1) is 0 Å². The van der Waals surface area contributed by atoms with E-state index in [1.54, 1.807) is 0 Å². The standard InChI is InChI=1S/C19H23N/c1-14-5-7-15(8-6-14)13-19(20)18-11-9-17(10-12-18)16-3-2-4-16/h5-12,16,19H,2-4,13,20H2,1H3. The smallest absolute Gasteiger partial charge is 0.0335 e. The zero-order valence-corrected chi connectivity index (χ0v) is 12.2. The fourth-order valence-corrected chi connectivity index (χ4v) is 2.85. The van der Waals surface area contributed by atoms with Gasteiger partial charge in [0.2, 0.25) is 0 Å². The maximum Gasteiger partial charge on any atom is 0.0335 e. The molecule has 1 atom stereocenters. The van der Waals surface area contributed by atoms with Gasteiger partial charge in [-0.1, -0.05) is 60.5 Å². The third-order valence-corrected chi connectivity index (χ3v) is 4.52. The van der Waals surface area contributed by atoms with Crippen LogP contribution in [-0.4, -0.2) is 0 Å². The van der Waals surface area contributed by atoms with E-state index >= 15 is 0 Å². The molecule has 104 valence electrons. The lowest BCUT2D eigenvalue weighted by Crippen LogP contribution is -2.14. The highest BCUT2D eigenvalue weighted by molar-refractivity contribution is 5.30. The first-order valence-electron chi connectivity index (χ1n) is 7.63. The SMILES string of the molecule is Cc1ccc(CC(N)c2ccc(C3CCC3)cc2)cc1. The largest absolute Gasteiger partial charge is 0.324 e. The molecule has 0 saturated heterocycles. The van der Waals surface area contributed by atoms with Gasteiger partial charge in [-0.15, -0.1) is 0 Å². The highest BCUT2D eigenvalue weighted by atomic mass is 14.6. The van der Waals surface area contributed by atoms with Gasteiger partial charge >= 0.3 is 0 Å². The Hall–Kier alpha value is -1.60. The van der Waals surface area contributed by atoms with Crippen molar-refractivity contribution >= 4 is 0 Å². The maximum absolute atomic E-state index is 6.34. The molecule has 1 heteroatoms. The lowest BCUT2D eigenvalue weighted by Gasteiger charge is -2.26. The Labute approximate surface area is 121 Å². The van der Waals surface area contributed by atoms with E-state index in [0.29, 0.717) is 0 Å². The summed E-state index contributed by atoms with van der Waals surface area (Å²) in [5.41, 5.74) is 11.7. The van der Waals surface area contributed by atoms with E-state index in [9.17, 15) is 0 Å². The maximum atomic E-state index is 6.34. The summed E-state index contributed by atoms with van der Waals surface area (Å²) < 4.78 is 0. The van der Waals surface area contributed by atoms with Crippen molar-refractivity contribution in [1.29, 1.82) is 0 Å². The Balaban J connectivity index is 1.66. The Kier molecular flexibility index (Phi) is 3.88. The summed E-state index contributed by atoms with van der Waals surface area (Å²) in [6, 6.07) is 17.7. The van der Waals surface area contributed by atoms with E-state index in [1.807, 2.05) is 0 Å². The normalized spacial score (nSPS) is 16.7. The molecule has 0 spiro atoms. The average molecular weight is 265 g/mol.